The van der Waals surface area contributed by atoms with Gasteiger partial charge in [0, 0.05) is 35.2 Å². The summed E-state index contributed by atoms with van der Waals surface area (Å²) in [5, 5.41) is 10.8. The average Bonchev–Trinajstić information content (AvgIpc) is 2.94. The highest BCUT2D eigenvalue weighted by Gasteiger charge is 2.24. The molecule has 2 aromatic rings. The first kappa shape index (κ1) is 17.6. The van der Waals surface area contributed by atoms with Crippen LogP contribution in [-0.4, -0.2) is 22.8 Å². The molecule has 0 spiro atoms. The number of benzene rings is 1. The molecule has 3 rings (SSSR count). The van der Waals surface area contributed by atoms with Crippen LogP contribution in [0.4, 0.5) is 0 Å². The normalized spacial score (nSPS) is 15.4. The zero-order valence-corrected chi connectivity index (χ0v) is 14.1. The zero-order chi connectivity index (χ0) is 15.7. The molecule has 6 heteroatoms. The summed E-state index contributed by atoms with van der Waals surface area (Å²) in [6.07, 6.45) is 7.78. The zero-order valence-electron chi connectivity index (χ0n) is 13.2. The van der Waals surface area contributed by atoms with Crippen molar-refractivity contribution in [3.8, 4) is 5.75 Å². The smallest absolute Gasteiger partial charge is 0.340 e. The van der Waals surface area contributed by atoms with E-state index in [9.17, 15) is 9.90 Å². The minimum Gasteiger partial charge on any atom is -0.508 e. The Morgan fingerprint density at radius 1 is 1.35 bits per heavy atom. The molecule has 0 aliphatic heterocycles. The van der Waals surface area contributed by atoms with Crippen LogP contribution in [0.1, 0.15) is 54.1 Å². The molecule has 1 aliphatic carbocycles. The van der Waals surface area contributed by atoms with Crippen molar-refractivity contribution >= 4 is 29.3 Å². The molecule has 1 aliphatic rings. The Balaban J connectivity index is 0.00000192. The maximum absolute atomic E-state index is 12.1. The monoisotopic (exact) mass is 338 g/mol. The molecular weight excluding hydrogens is 316 g/mol. The predicted molar refractivity (Wildman–Crippen MR) is 92.2 cm³/mol. The molecule has 23 heavy (non-hydrogen) atoms. The highest BCUT2D eigenvalue weighted by atomic mass is 35.5. The summed E-state index contributed by atoms with van der Waals surface area (Å²) >= 11 is 0. The Morgan fingerprint density at radius 3 is 2.65 bits per heavy atom. The summed E-state index contributed by atoms with van der Waals surface area (Å²) < 4.78 is 7.08. The van der Waals surface area contributed by atoms with Crippen LogP contribution < -0.4 is 5.73 Å². The van der Waals surface area contributed by atoms with Crippen molar-refractivity contribution in [1.29, 1.82) is 0 Å². The van der Waals surface area contributed by atoms with E-state index in [1.54, 1.807) is 6.07 Å². The van der Waals surface area contributed by atoms with Gasteiger partial charge in [-0.1, -0.05) is 19.3 Å². The van der Waals surface area contributed by atoms with Gasteiger partial charge in [-0.25, -0.2) is 4.79 Å². The first-order valence-electron chi connectivity index (χ1n) is 7.81. The molecule has 0 amide bonds. The molecule has 1 aromatic heterocycles. The van der Waals surface area contributed by atoms with Gasteiger partial charge in [0.2, 0.25) is 0 Å². The van der Waals surface area contributed by atoms with E-state index in [4.69, 9.17) is 10.5 Å². The Bertz CT molecular complexity index is 705. The minimum atomic E-state index is -0.389. The minimum absolute atomic E-state index is 0. The molecule has 3 N–H and O–H groups in total. The number of fused-ring (bicyclic) bond motifs is 1. The first-order valence-corrected chi connectivity index (χ1v) is 7.81. The number of aromatic nitrogens is 1. The molecule has 126 valence electrons. The maximum atomic E-state index is 12.1. The number of esters is 1. The van der Waals surface area contributed by atoms with E-state index >= 15 is 0 Å². The largest absolute Gasteiger partial charge is 0.508 e. The van der Waals surface area contributed by atoms with Gasteiger partial charge in [0.25, 0.3) is 0 Å². The molecule has 1 aromatic carbocycles. The van der Waals surface area contributed by atoms with Gasteiger partial charge in [0.15, 0.2) is 0 Å². The number of halogens is 1. The van der Waals surface area contributed by atoms with Gasteiger partial charge in [0.05, 0.1) is 12.7 Å². The molecular formula is C17H23ClN2O3. The summed E-state index contributed by atoms with van der Waals surface area (Å²) in [5.74, 6) is -0.263. The number of rotatable bonds is 3. The third-order valence-electron chi connectivity index (χ3n) is 4.66. The van der Waals surface area contributed by atoms with Crippen molar-refractivity contribution in [3.05, 3.63) is 29.5 Å². The lowest BCUT2D eigenvalue weighted by molar-refractivity contribution is 0.0602. The molecule has 1 heterocycles. The van der Waals surface area contributed by atoms with Crippen LogP contribution in [0.25, 0.3) is 10.9 Å². The van der Waals surface area contributed by atoms with Crippen LogP contribution in [-0.2, 0) is 11.3 Å². The molecule has 0 bridgehead atoms. The number of ether oxygens (including phenoxy) is 1. The lowest BCUT2D eigenvalue weighted by Crippen LogP contribution is -2.12. The molecule has 1 saturated carbocycles. The number of methoxy groups -OCH3 is 1. The average molecular weight is 339 g/mol. The van der Waals surface area contributed by atoms with E-state index in [0.29, 0.717) is 17.2 Å². The van der Waals surface area contributed by atoms with E-state index in [1.165, 1.54) is 26.4 Å². The summed E-state index contributed by atoms with van der Waals surface area (Å²) in [4.78, 5) is 12.1. The van der Waals surface area contributed by atoms with Crippen LogP contribution >= 0.6 is 12.4 Å². The van der Waals surface area contributed by atoms with Crippen LogP contribution in [0.3, 0.4) is 0 Å². The van der Waals surface area contributed by atoms with E-state index < -0.39 is 0 Å². The number of nitrogens with two attached hydrogens (primary N) is 1. The van der Waals surface area contributed by atoms with Crippen molar-refractivity contribution in [1.82, 2.24) is 4.57 Å². The lowest BCUT2D eigenvalue weighted by Gasteiger charge is -2.24. The summed E-state index contributed by atoms with van der Waals surface area (Å²) in [6, 6.07) is 3.92. The Hall–Kier alpha value is -1.72. The van der Waals surface area contributed by atoms with E-state index in [1.807, 2.05) is 12.3 Å². The van der Waals surface area contributed by atoms with E-state index in [2.05, 4.69) is 4.57 Å². The molecule has 5 nitrogen and oxygen atoms in total. The van der Waals surface area contributed by atoms with Crippen molar-refractivity contribution < 1.29 is 14.6 Å². The van der Waals surface area contributed by atoms with Crippen LogP contribution in [0.15, 0.2) is 18.3 Å². The van der Waals surface area contributed by atoms with E-state index in [0.717, 1.165) is 23.7 Å². The van der Waals surface area contributed by atoms with Gasteiger partial charge in [-0.05, 0) is 25.0 Å². The first-order chi connectivity index (χ1) is 10.7. The van der Waals surface area contributed by atoms with Gasteiger partial charge in [-0.15, -0.1) is 12.4 Å². The SMILES string of the molecule is COC(=O)c1cn(C2CCCCC2)c2ccc(O)c(CN)c12.Cl. The fraction of sp³-hybridized carbons (Fsp3) is 0.471. The number of phenolic OH excluding ortho intramolecular Hbond substituents is 1. The van der Waals surface area contributed by atoms with Crippen LogP contribution in [0, 0.1) is 0 Å². The van der Waals surface area contributed by atoms with Gasteiger partial charge < -0.3 is 20.1 Å². The standard InChI is InChI=1S/C17H22N2O3.ClH/c1-22-17(21)13-10-19(11-5-3-2-4-6-11)14-7-8-15(20)12(9-18)16(13)14;/h7-8,10-11,20H,2-6,9,18H2,1H3;1H. The van der Waals surface area contributed by atoms with Gasteiger partial charge in [-0.2, -0.15) is 0 Å². The lowest BCUT2D eigenvalue weighted by atomic mass is 9.95. The van der Waals surface area contributed by atoms with Gasteiger partial charge >= 0.3 is 5.97 Å². The number of carbonyl (C=O) groups is 1. The van der Waals surface area contributed by atoms with Crippen molar-refractivity contribution in [3.63, 3.8) is 0 Å². The number of phenols is 1. The fourth-order valence-corrected chi connectivity index (χ4v) is 3.55. The summed E-state index contributed by atoms with van der Waals surface area (Å²) in [5.41, 5.74) is 7.83. The second-order valence-corrected chi connectivity index (χ2v) is 5.89. The quantitative estimate of drug-likeness (QED) is 0.839. The molecule has 0 unspecified atom stereocenters. The number of nitrogens with zero attached hydrogens (tertiary/aromatic N) is 1. The third kappa shape index (κ3) is 3.03. The number of carbonyl (C=O) groups excluding carboxylic acids is 1. The highest BCUT2D eigenvalue weighted by molar-refractivity contribution is 6.06. The topological polar surface area (TPSA) is 77.5 Å². The van der Waals surface area contributed by atoms with Gasteiger partial charge in [-0.3, -0.25) is 0 Å². The van der Waals surface area contributed by atoms with Crippen molar-refractivity contribution in [2.45, 2.75) is 44.7 Å². The van der Waals surface area contributed by atoms with Gasteiger partial charge in [0.1, 0.15) is 5.75 Å². The summed E-state index contributed by atoms with van der Waals surface area (Å²) in [7, 11) is 1.37. The Labute approximate surface area is 141 Å². The second kappa shape index (κ2) is 7.23. The highest BCUT2D eigenvalue weighted by Crippen LogP contribution is 2.37. The van der Waals surface area contributed by atoms with Crippen LogP contribution in [0.2, 0.25) is 0 Å². The van der Waals surface area contributed by atoms with E-state index in [-0.39, 0.29) is 30.7 Å². The second-order valence-electron chi connectivity index (χ2n) is 5.89. The third-order valence-corrected chi connectivity index (χ3v) is 4.66. The number of hydrogen-bond donors (Lipinski definition) is 2. The van der Waals surface area contributed by atoms with Crippen molar-refractivity contribution in [2.75, 3.05) is 7.11 Å². The molecule has 1 fully saturated rings. The predicted octanol–water partition coefficient (Wildman–Crippen LogP) is 3.52. The molecule has 0 atom stereocenters. The molecule has 0 radical (unpaired) electrons. The Morgan fingerprint density at radius 2 is 2.04 bits per heavy atom. The fourth-order valence-electron chi connectivity index (χ4n) is 3.55. The number of aromatic hydroxyl groups is 1. The number of hydrogen-bond acceptors (Lipinski definition) is 4. The van der Waals surface area contributed by atoms with Crippen LogP contribution in [0.5, 0.6) is 5.75 Å². The maximum Gasteiger partial charge on any atom is 0.340 e. The molecule has 0 saturated heterocycles. The Kier molecular flexibility index (Phi) is 5.55. The summed E-state index contributed by atoms with van der Waals surface area (Å²) in [6.45, 7) is 0.182. The van der Waals surface area contributed by atoms with Crippen molar-refractivity contribution in [2.24, 2.45) is 5.73 Å².